The molecular weight excluding hydrogens is 423 g/mol. The second-order valence-electron chi connectivity index (χ2n) is 6.91. The van der Waals surface area contributed by atoms with Crippen molar-refractivity contribution in [2.24, 2.45) is 5.73 Å². The summed E-state index contributed by atoms with van der Waals surface area (Å²) in [7, 11) is -3.93. The van der Waals surface area contributed by atoms with Crippen LogP contribution in [0.15, 0.2) is 23.1 Å². The Morgan fingerprint density at radius 2 is 1.96 bits per heavy atom. The second-order valence-corrected chi connectivity index (χ2v) is 9.03. The molecule has 2 unspecified atom stereocenters. The number of aliphatic hydroxyl groups is 1. The van der Waals surface area contributed by atoms with Gasteiger partial charge in [0.15, 0.2) is 0 Å². The number of hydrogen-bond acceptors (Lipinski definition) is 5. The Hall–Kier alpha value is -1.40. The van der Waals surface area contributed by atoms with Crippen LogP contribution in [0.4, 0.5) is 18.9 Å². The van der Waals surface area contributed by atoms with Crippen molar-refractivity contribution in [1.82, 2.24) is 4.72 Å². The van der Waals surface area contributed by atoms with E-state index in [2.05, 4.69) is 4.72 Å². The molecule has 0 radical (unpaired) electrons. The van der Waals surface area contributed by atoms with Crippen molar-refractivity contribution in [1.29, 1.82) is 0 Å². The molecule has 0 saturated heterocycles. The van der Waals surface area contributed by atoms with Gasteiger partial charge in [0.05, 0.1) is 15.6 Å². The van der Waals surface area contributed by atoms with Gasteiger partial charge < -0.3 is 16.2 Å². The maximum atomic E-state index is 12.7. The standard InChI is InChI=1S/C16H21ClF3N3O4S/c1-15(25,16(18,19)20)14(24)22-13-6-5-11(8-12(13)17)28(26,27)23-10-4-2-3-9(21)7-10/h5-6,8-10,23,25H,2-4,7,21H2,1H3,(H,22,24)/t9?,10?,15-/m1/s1. The van der Waals surface area contributed by atoms with Gasteiger partial charge in [0.2, 0.25) is 15.6 Å². The van der Waals surface area contributed by atoms with Crippen molar-refractivity contribution < 1.29 is 31.5 Å². The molecule has 3 atom stereocenters. The van der Waals surface area contributed by atoms with Gasteiger partial charge in [-0.15, -0.1) is 0 Å². The number of rotatable bonds is 5. The van der Waals surface area contributed by atoms with E-state index in [0.29, 0.717) is 19.8 Å². The van der Waals surface area contributed by atoms with Crippen LogP contribution in [0.2, 0.25) is 5.02 Å². The van der Waals surface area contributed by atoms with Crippen molar-refractivity contribution in [3.8, 4) is 0 Å². The topological polar surface area (TPSA) is 122 Å². The molecule has 12 heteroatoms. The molecule has 0 aliphatic heterocycles. The zero-order valence-corrected chi connectivity index (χ0v) is 16.5. The molecule has 1 aliphatic carbocycles. The molecule has 1 amide bonds. The van der Waals surface area contributed by atoms with E-state index in [1.54, 1.807) is 0 Å². The second kappa shape index (κ2) is 8.15. The van der Waals surface area contributed by atoms with E-state index >= 15 is 0 Å². The van der Waals surface area contributed by atoms with Crippen molar-refractivity contribution in [3.05, 3.63) is 23.2 Å². The molecule has 5 N–H and O–H groups in total. The van der Waals surface area contributed by atoms with Gasteiger partial charge in [-0.05, 0) is 44.4 Å². The highest BCUT2D eigenvalue weighted by molar-refractivity contribution is 7.89. The van der Waals surface area contributed by atoms with Crippen molar-refractivity contribution in [2.75, 3.05) is 5.32 Å². The molecule has 0 heterocycles. The van der Waals surface area contributed by atoms with Crippen LogP contribution in [-0.2, 0) is 14.8 Å². The molecule has 1 aromatic carbocycles. The molecule has 0 spiro atoms. The van der Waals surface area contributed by atoms with E-state index in [-0.39, 0.29) is 27.7 Å². The fraction of sp³-hybridized carbons (Fsp3) is 0.562. The minimum Gasteiger partial charge on any atom is -0.373 e. The molecular formula is C16H21ClF3N3O4S. The summed E-state index contributed by atoms with van der Waals surface area (Å²) in [4.78, 5) is 11.5. The lowest BCUT2D eigenvalue weighted by Gasteiger charge is -2.27. The van der Waals surface area contributed by atoms with Gasteiger partial charge in [0.25, 0.3) is 5.91 Å². The SMILES string of the molecule is C[C@@](O)(C(=O)Nc1ccc(S(=O)(=O)NC2CCCC(N)C2)cc1Cl)C(F)(F)F. The number of halogens is 4. The van der Waals surface area contributed by atoms with Gasteiger partial charge in [-0.3, -0.25) is 4.79 Å². The Morgan fingerprint density at radius 3 is 2.50 bits per heavy atom. The Balaban J connectivity index is 2.16. The third-order valence-corrected chi connectivity index (χ3v) is 6.36. The van der Waals surface area contributed by atoms with E-state index in [9.17, 15) is 31.5 Å². The van der Waals surface area contributed by atoms with Crippen LogP contribution in [0.25, 0.3) is 0 Å². The summed E-state index contributed by atoms with van der Waals surface area (Å²) in [5.74, 6) is -1.74. The Bertz CT molecular complexity index is 846. The molecule has 1 fully saturated rings. The highest BCUT2D eigenvalue weighted by Crippen LogP contribution is 2.33. The third kappa shape index (κ3) is 5.15. The quantitative estimate of drug-likeness (QED) is 0.555. The average Bonchev–Trinajstić information content (AvgIpc) is 2.55. The first-order valence-corrected chi connectivity index (χ1v) is 10.3. The van der Waals surface area contributed by atoms with Crippen LogP contribution < -0.4 is 15.8 Å². The molecule has 2 rings (SSSR count). The minimum atomic E-state index is -5.20. The number of nitrogens with two attached hydrogens (primary N) is 1. The fourth-order valence-corrected chi connectivity index (χ4v) is 4.36. The lowest BCUT2D eigenvalue weighted by atomic mass is 9.92. The number of sulfonamides is 1. The molecule has 1 aromatic rings. The average molecular weight is 444 g/mol. The maximum absolute atomic E-state index is 12.7. The predicted octanol–water partition coefficient (Wildman–Crippen LogP) is 2.14. The summed E-state index contributed by atoms with van der Waals surface area (Å²) >= 11 is 5.92. The highest BCUT2D eigenvalue weighted by atomic mass is 35.5. The number of benzene rings is 1. The van der Waals surface area contributed by atoms with E-state index in [4.69, 9.17) is 17.3 Å². The lowest BCUT2D eigenvalue weighted by molar-refractivity contribution is -0.242. The molecule has 28 heavy (non-hydrogen) atoms. The van der Waals surface area contributed by atoms with Crippen molar-refractivity contribution in [3.63, 3.8) is 0 Å². The zero-order valence-electron chi connectivity index (χ0n) is 14.9. The molecule has 158 valence electrons. The summed E-state index contributed by atoms with van der Waals surface area (Å²) in [6.45, 7) is 0.299. The van der Waals surface area contributed by atoms with Gasteiger partial charge in [0.1, 0.15) is 0 Å². The van der Waals surface area contributed by atoms with Gasteiger partial charge in [-0.1, -0.05) is 18.0 Å². The number of anilines is 1. The summed E-state index contributed by atoms with van der Waals surface area (Å²) in [6.07, 6.45) is -2.45. The largest absolute Gasteiger partial charge is 0.426 e. The number of amides is 1. The van der Waals surface area contributed by atoms with Gasteiger partial charge in [0, 0.05) is 12.1 Å². The van der Waals surface area contributed by atoms with E-state index in [1.165, 1.54) is 0 Å². The van der Waals surface area contributed by atoms with Crippen LogP contribution in [0, 0.1) is 0 Å². The zero-order chi connectivity index (χ0) is 21.3. The minimum absolute atomic E-state index is 0.0935. The summed E-state index contributed by atoms with van der Waals surface area (Å²) in [6, 6.07) is 2.73. The van der Waals surface area contributed by atoms with E-state index < -0.39 is 27.7 Å². The molecule has 1 aliphatic rings. The highest BCUT2D eigenvalue weighted by Gasteiger charge is 2.55. The van der Waals surface area contributed by atoms with Crippen LogP contribution in [-0.4, -0.2) is 43.3 Å². The van der Waals surface area contributed by atoms with E-state index in [1.807, 2.05) is 5.32 Å². The first-order chi connectivity index (χ1) is 12.7. The third-order valence-electron chi connectivity index (χ3n) is 4.53. The molecule has 0 aromatic heterocycles. The number of carbonyl (C=O) groups excluding carboxylic acids is 1. The number of nitrogens with one attached hydrogen (secondary N) is 2. The van der Waals surface area contributed by atoms with Gasteiger partial charge in [-0.2, -0.15) is 13.2 Å². The Labute approximate surface area is 165 Å². The van der Waals surface area contributed by atoms with Crippen LogP contribution in [0.5, 0.6) is 0 Å². The Morgan fingerprint density at radius 1 is 1.32 bits per heavy atom. The molecule has 7 nitrogen and oxygen atoms in total. The van der Waals surface area contributed by atoms with Gasteiger partial charge >= 0.3 is 6.18 Å². The first kappa shape index (κ1) is 22.9. The fourth-order valence-electron chi connectivity index (χ4n) is 2.76. The van der Waals surface area contributed by atoms with Crippen LogP contribution in [0.1, 0.15) is 32.6 Å². The summed E-state index contributed by atoms with van der Waals surface area (Å²) in [5.41, 5.74) is 1.94. The van der Waals surface area contributed by atoms with E-state index in [0.717, 1.165) is 31.0 Å². The number of hydrogen-bond donors (Lipinski definition) is 4. The predicted molar refractivity (Wildman–Crippen MR) is 97.3 cm³/mol. The first-order valence-electron chi connectivity index (χ1n) is 8.42. The van der Waals surface area contributed by atoms with Crippen molar-refractivity contribution in [2.45, 2.75) is 61.4 Å². The van der Waals surface area contributed by atoms with Crippen molar-refractivity contribution >= 4 is 33.2 Å². The van der Waals surface area contributed by atoms with Crippen LogP contribution in [0.3, 0.4) is 0 Å². The Kier molecular flexibility index (Phi) is 6.66. The van der Waals surface area contributed by atoms with Crippen LogP contribution >= 0.6 is 11.6 Å². The molecule has 1 saturated carbocycles. The monoisotopic (exact) mass is 443 g/mol. The summed E-state index contributed by atoms with van der Waals surface area (Å²) < 4.78 is 65.7. The maximum Gasteiger partial charge on any atom is 0.426 e. The smallest absolute Gasteiger partial charge is 0.373 e. The normalized spacial score (nSPS) is 23.1. The molecule has 0 bridgehead atoms. The lowest BCUT2D eigenvalue weighted by Crippen LogP contribution is -2.52. The number of alkyl halides is 3. The summed E-state index contributed by atoms with van der Waals surface area (Å²) in [5, 5.41) is 10.9. The van der Waals surface area contributed by atoms with Gasteiger partial charge in [-0.25, -0.2) is 13.1 Å². The number of carbonyl (C=O) groups is 1.